The largest absolute Gasteiger partial charge is 0.394 e. The standard InChI is InChI=1S/C23H24N4O2S/c1-15-6-7-16-18(14-15)25-22(20-17-4-2-3-5-19(17)30-23(20)28)21(16)26-29-13-12-27-10-8-24-9-11-27/h2-7,14,24-25H,8-13H2,1H3/b22-20-,26-21+. The number of nitrogens with one attached hydrogen (secondary N) is 2. The van der Waals surface area contributed by atoms with Crippen molar-refractivity contribution < 1.29 is 9.63 Å². The highest BCUT2D eigenvalue weighted by molar-refractivity contribution is 8.15. The van der Waals surface area contributed by atoms with Gasteiger partial charge in [0, 0.05) is 54.4 Å². The van der Waals surface area contributed by atoms with Crippen LogP contribution in [0.5, 0.6) is 0 Å². The lowest BCUT2D eigenvalue weighted by atomic mass is 10.0. The summed E-state index contributed by atoms with van der Waals surface area (Å²) in [4.78, 5) is 22.0. The van der Waals surface area contributed by atoms with Gasteiger partial charge in [0.1, 0.15) is 12.3 Å². The van der Waals surface area contributed by atoms with E-state index < -0.39 is 0 Å². The second-order valence-electron chi connectivity index (χ2n) is 7.67. The molecule has 2 aromatic carbocycles. The van der Waals surface area contributed by atoms with Gasteiger partial charge in [0.05, 0.1) is 11.3 Å². The summed E-state index contributed by atoms with van der Waals surface area (Å²) in [7, 11) is 0. The number of benzene rings is 2. The zero-order valence-electron chi connectivity index (χ0n) is 16.9. The predicted octanol–water partition coefficient (Wildman–Crippen LogP) is 3.09. The fourth-order valence-electron chi connectivity index (χ4n) is 4.05. The molecule has 0 bridgehead atoms. The van der Waals surface area contributed by atoms with Gasteiger partial charge in [-0.25, -0.2) is 0 Å². The molecule has 6 nitrogen and oxygen atoms in total. The Kier molecular flexibility index (Phi) is 5.33. The van der Waals surface area contributed by atoms with Crippen molar-refractivity contribution in [2.45, 2.75) is 11.8 Å². The first-order valence-electron chi connectivity index (χ1n) is 10.3. The minimum atomic E-state index is 0.0387. The summed E-state index contributed by atoms with van der Waals surface area (Å²) in [5.41, 5.74) is 6.14. The first-order valence-corrected chi connectivity index (χ1v) is 11.1. The van der Waals surface area contributed by atoms with E-state index in [-0.39, 0.29) is 5.12 Å². The van der Waals surface area contributed by atoms with Crippen molar-refractivity contribution in [1.82, 2.24) is 10.2 Å². The Hall–Kier alpha value is -2.61. The number of carbonyl (C=O) groups excluding carboxylic acids is 1. The Balaban J connectivity index is 1.47. The van der Waals surface area contributed by atoms with E-state index in [1.54, 1.807) is 0 Å². The highest BCUT2D eigenvalue weighted by Crippen LogP contribution is 2.44. The Morgan fingerprint density at radius 1 is 1.13 bits per heavy atom. The number of piperazine rings is 1. The summed E-state index contributed by atoms with van der Waals surface area (Å²) >= 11 is 1.27. The van der Waals surface area contributed by atoms with Gasteiger partial charge in [0.15, 0.2) is 0 Å². The van der Waals surface area contributed by atoms with Gasteiger partial charge in [-0.2, -0.15) is 0 Å². The van der Waals surface area contributed by atoms with E-state index in [1.165, 1.54) is 11.8 Å². The average Bonchev–Trinajstić information content (AvgIpc) is 3.27. The number of oxime groups is 1. The number of anilines is 1. The maximum Gasteiger partial charge on any atom is 0.226 e. The Morgan fingerprint density at radius 2 is 1.97 bits per heavy atom. The average molecular weight is 421 g/mol. The molecule has 0 radical (unpaired) electrons. The number of fused-ring (bicyclic) bond motifs is 2. The molecule has 7 heteroatoms. The molecule has 30 heavy (non-hydrogen) atoms. The molecule has 5 rings (SSSR count). The third-order valence-corrected chi connectivity index (χ3v) is 6.57. The van der Waals surface area contributed by atoms with E-state index in [0.717, 1.165) is 65.7 Å². The molecule has 0 aromatic heterocycles. The molecule has 2 aromatic rings. The zero-order chi connectivity index (χ0) is 20.5. The minimum absolute atomic E-state index is 0.0387. The van der Waals surface area contributed by atoms with Crippen molar-refractivity contribution in [2.24, 2.45) is 5.16 Å². The maximum atomic E-state index is 12.9. The monoisotopic (exact) mass is 420 g/mol. The topological polar surface area (TPSA) is 66.0 Å². The van der Waals surface area contributed by atoms with E-state index in [1.807, 2.05) is 30.3 Å². The van der Waals surface area contributed by atoms with Crippen molar-refractivity contribution in [2.75, 3.05) is 44.6 Å². The number of hydrogen-bond donors (Lipinski definition) is 2. The minimum Gasteiger partial charge on any atom is -0.394 e. The van der Waals surface area contributed by atoms with Crippen LogP contribution in [0.15, 0.2) is 58.2 Å². The van der Waals surface area contributed by atoms with Crippen LogP contribution in [-0.2, 0) is 9.63 Å². The van der Waals surface area contributed by atoms with Gasteiger partial charge in [-0.3, -0.25) is 9.69 Å². The molecule has 0 aliphatic carbocycles. The summed E-state index contributed by atoms with van der Waals surface area (Å²) in [6, 6.07) is 14.1. The molecule has 2 N–H and O–H groups in total. The van der Waals surface area contributed by atoms with Crippen LogP contribution in [0.1, 0.15) is 16.7 Å². The van der Waals surface area contributed by atoms with Crippen LogP contribution < -0.4 is 10.6 Å². The van der Waals surface area contributed by atoms with Gasteiger partial charge in [0.2, 0.25) is 5.12 Å². The Bertz CT molecular complexity index is 1060. The molecule has 1 fully saturated rings. The van der Waals surface area contributed by atoms with Gasteiger partial charge in [-0.1, -0.05) is 35.5 Å². The SMILES string of the molecule is Cc1ccc2c(c1)NC(=C1\C(=O)Sc3ccccc31)/C2=N/OCCN1CCNCC1. The summed E-state index contributed by atoms with van der Waals surface area (Å²) in [6.07, 6.45) is 0. The van der Waals surface area contributed by atoms with E-state index in [2.05, 4.69) is 39.7 Å². The number of rotatable bonds is 4. The van der Waals surface area contributed by atoms with Gasteiger partial charge >= 0.3 is 0 Å². The first kappa shape index (κ1) is 19.4. The lowest BCUT2D eigenvalue weighted by molar-refractivity contribution is -0.106. The number of nitrogens with zero attached hydrogens (tertiary/aromatic N) is 2. The van der Waals surface area contributed by atoms with Crippen molar-refractivity contribution in [1.29, 1.82) is 0 Å². The molecule has 3 aliphatic heterocycles. The lowest BCUT2D eigenvalue weighted by Gasteiger charge is -2.26. The molecule has 0 unspecified atom stereocenters. The quantitative estimate of drug-likeness (QED) is 0.450. The molecular weight excluding hydrogens is 396 g/mol. The van der Waals surface area contributed by atoms with Crippen LogP contribution in [0.2, 0.25) is 0 Å². The molecule has 3 heterocycles. The summed E-state index contributed by atoms with van der Waals surface area (Å²) in [5, 5.41) is 11.3. The number of thioether (sulfide) groups is 1. The van der Waals surface area contributed by atoms with Gasteiger partial charge in [-0.05, 0) is 36.4 Å². The van der Waals surface area contributed by atoms with E-state index >= 15 is 0 Å². The van der Waals surface area contributed by atoms with Crippen molar-refractivity contribution in [3.8, 4) is 0 Å². The van der Waals surface area contributed by atoms with Gasteiger partial charge < -0.3 is 15.5 Å². The molecule has 1 saturated heterocycles. The highest BCUT2D eigenvalue weighted by atomic mass is 32.2. The predicted molar refractivity (Wildman–Crippen MR) is 121 cm³/mol. The molecule has 154 valence electrons. The smallest absolute Gasteiger partial charge is 0.226 e. The molecule has 0 saturated carbocycles. The molecule has 0 spiro atoms. The number of carbonyl (C=O) groups is 1. The van der Waals surface area contributed by atoms with Crippen LogP contribution in [0.4, 0.5) is 5.69 Å². The van der Waals surface area contributed by atoms with Crippen molar-refractivity contribution in [3.05, 3.63) is 64.9 Å². The Morgan fingerprint density at radius 3 is 2.83 bits per heavy atom. The van der Waals surface area contributed by atoms with Crippen LogP contribution in [0.25, 0.3) is 5.57 Å². The Labute approximate surface area is 180 Å². The van der Waals surface area contributed by atoms with Crippen LogP contribution in [0, 0.1) is 6.92 Å². The third kappa shape index (κ3) is 3.64. The number of allylic oxidation sites excluding steroid dienone is 1. The fourth-order valence-corrected chi connectivity index (χ4v) is 4.99. The van der Waals surface area contributed by atoms with E-state index in [4.69, 9.17) is 4.84 Å². The van der Waals surface area contributed by atoms with Crippen molar-refractivity contribution in [3.63, 3.8) is 0 Å². The van der Waals surface area contributed by atoms with Crippen LogP contribution in [0.3, 0.4) is 0 Å². The molecule has 0 atom stereocenters. The lowest BCUT2D eigenvalue weighted by Crippen LogP contribution is -2.44. The van der Waals surface area contributed by atoms with Crippen molar-refractivity contribution >= 4 is 33.8 Å². The second kappa shape index (κ2) is 8.26. The van der Waals surface area contributed by atoms with Crippen LogP contribution in [-0.4, -0.2) is 55.1 Å². The fraction of sp³-hybridized carbons (Fsp3) is 0.304. The first-order chi connectivity index (χ1) is 14.7. The molecule has 3 aliphatic rings. The third-order valence-electron chi connectivity index (χ3n) is 5.60. The van der Waals surface area contributed by atoms with Crippen LogP contribution >= 0.6 is 11.8 Å². The zero-order valence-corrected chi connectivity index (χ0v) is 17.7. The summed E-state index contributed by atoms with van der Waals surface area (Å²) in [5.74, 6) is 0. The van der Waals surface area contributed by atoms with E-state index in [0.29, 0.717) is 17.9 Å². The maximum absolute atomic E-state index is 12.9. The number of hydrogen-bond acceptors (Lipinski definition) is 7. The van der Waals surface area contributed by atoms with Gasteiger partial charge in [-0.15, -0.1) is 0 Å². The normalized spacial score (nSPS) is 22.2. The number of aryl methyl sites for hydroxylation is 1. The second-order valence-corrected chi connectivity index (χ2v) is 8.69. The summed E-state index contributed by atoms with van der Waals surface area (Å²) < 4.78 is 0. The summed E-state index contributed by atoms with van der Waals surface area (Å²) in [6.45, 7) is 7.51. The highest BCUT2D eigenvalue weighted by Gasteiger charge is 2.34. The molecule has 0 amide bonds. The molecular formula is C23H24N4O2S. The van der Waals surface area contributed by atoms with E-state index in [9.17, 15) is 4.79 Å². The van der Waals surface area contributed by atoms with Gasteiger partial charge in [0.25, 0.3) is 0 Å².